The van der Waals surface area contributed by atoms with Gasteiger partial charge < -0.3 is 14.4 Å². The van der Waals surface area contributed by atoms with Crippen LogP contribution in [0.4, 0.5) is 0 Å². The largest absolute Gasteiger partial charge is 0.493 e. The fourth-order valence-corrected chi connectivity index (χ4v) is 3.33. The zero-order valence-corrected chi connectivity index (χ0v) is 16.6. The maximum atomic E-state index is 13.3. The summed E-state index contributed by atoms with van der Waals surface area (Å²) in [7, 11) is 3.14. The third-order valence-corrected chi connectivity index (χ3v) is 5.08. The number of benzene rings is 1. The molecule has 1 amide bonds. The van der Waals surface area contributed by atoms with E-state index in [1.54, 1.807) is 50.8 Å². The molecule has 0 N–H and O–H groups in total. The van der Waals surface area contributed by atoms with Gasteiger partial charge in [0, 0.05) is 25.4 Å². The second-order valence-corrected chi connectivity index (χ2v) is 7.03. The molecule has 0 atom stereocenters. The summed E-state index contributed by atoms with van der Waals surface area (Å²) in [6, 6.07) is 10.3. The lowest BCUT2D eigenvalue weighted by Gasteiger charge is -2.31. The maximum Gasteiger partial charge on any atom is 0.270 e. The second-order valence-electron chi connectivity index (χ2n) is 7.03. The molecule has 6 heteroatoms. The summed E-state index contributed by atoms with van der Waals surface area (Å²) in [6.07, 6.45) is 5.29. The minimum Gasteiger partial charge on any atom is -0.493 e. The topological polar surface area (TPSA) is 60.8 Å². The Morgan fingerprint density at radius 1 is 1.07 bits per heavy atom. The standard InChI is InChI=1S/C22H26N2O4/c1-16-9-12-23(13-10-16)22(26)18(24-11-5-4-6-21(24)25)14-17-7-8-19(27-2)20(15-17)28-3/h4-8,11,14-16H,9-10,12-13H2,1-3H3/b18-14+. The lowest BCUT2D eigenvalue weighted by Crippen LogP contribution is -2.40. The number of carbonyl (C=O) groups is 1. The SMILES string of the molecule is COc1ccc(/C=C(\C(=O)N2CCC(C)CC2)n2ccccc2=O)cc1OC. The van der Waals surface area contributed by atoms with Gasteiger partial charge in [0.2, 0.25) is 0 Å². The van der Waals surface area contributed by atoms with Crippen LogP contribution in [0.3, 0.4) is 0 Å². The summed E-state index contributed by atoms with van der Waals surface area (Å²) in [5.74, 6) is 1.64. The van der Waals surface area contributed by atoms with Crippen LogP contribution in [0.5, 0.6) is 11.5 Å². The Labute approximate surface area is 165 Å². The summed E-state index contributed by atoms with van der Waals surface area (Å²) in [4.78, 5) is 27.5. The van der Waals surface area contributed by atoms with E-state index >= 15 is 0 Å². The van der Waals surface area contributed by atoms with Crippen molar-refractivity contribution >= 4 is 17.7 Å². The van der Waals surface area contributed by atoms with Gasteiger partial charge in [-0.05, 0) is 48.6 Å². The first-order valence-electron chi connectivity index (χ1n) is 9.44. The van der Waals surface area contributed by atoms with E-state index in [0.717, 1.165) is 18.4 Å². The molecule has 28 heavy (non-hydrogen) atoms. The number of carbonyl (C=O) groups excluding carboxylic acids is 1. The van der Waals surface area contributed by atoms with E-state index in [-0.39, 0.29) is 11.5 Å². The fourth-order valence-electron chi connectivity index (χ4n) is 3.33. The minimum atomic E-state index is -0.243. The van der Waals surface area contributed by atoms with Crippen LogP contribution in [0.2, 0.25) is 0 Å². The van der Waals surface area contributed by atoms with Gasteiger partial charge in [-0.1, -0.05) is 19.1 Å². The molecule has 1 aliphatic rings. The Hall–Kier alpha value is -3.02. The monoisotopic (exact) mass is 382 g/mol. The van der Waals surface area contributed by atoms with Crippen molar-refractivity contribution in [3.8, 4) is 11.5 Å². The van der Waals surface area contributed by atoms with Gasteiger partial charge in [0.05, 0.1) is 14.2 Å². The van der Waals surface area contributed by atoms with Crippen molar-refractivity contribution in [3.05, 3.63) is 58.5 Å². The van der Waals surface area contributed by atoms with Gasteiger partial charge in [0.25, 0.3) is 11.5 Å². The molecule has 0 bridgehead atoms. The Kier molecular flexibility index (Phi) is 6.19. The van der Waals surface area contributed by atoms with Gasteiger partial charge in [-0.2, -0.15) is 0 Å². The first-order valence-corrected chi connectivity index (χ1v) is 9.44. The number of ether oxygens (including phenoxy) is 2. The molecule has 148 valence electrons. The van der Waals surface area contributed by atoms with Crippen LogP contribution >= 0.6 is 0 Å². The van der Waals surface area contributed by atoms with Crippen molar-refractivity contribution in [1.82, 2.24) is 9.47 Å². The Balaban J connectivity index is 2.04. The molecular weight excluding hydrogens is 356 g/mol. The highest BCUT2D eigenvalue weighted by molar-refractivity contribution is 6.18. The lowest BCUT2D eigenvalue weighted by molar-refractivity contribution is -0.126. The minimum absolute atomic E-state index is 0.144. The summed E-state index contributed by atoms with van der Waals surface area (Å²) in [5, 5.41) is 0. The number of piperidine rings is 1. The first kappa shape index (κ1) is 19.7. The molecule has 1 aromatic heterocycles. The summed E-state index contributed by atoms with van der Waals surface area (Å²) in [6.45, 7) is 3.60. The molecular formula is C22H26N2O4. The molecule has 0 aliphatic carbocycles. The molecule has 0 unspecified atom stereocenters. The van der Waals surface area contributed by atoms with E-state index in [1.807, 2.05) is 11.0 Å². The molecule has 2 aromatic rings. The molecule has 3 rings (SSSR count). The highest BCUT2D eigenvalue weighted by Gasteiger charge is 2.24. The van der Waals surface area contributed by atoms with E-state index in [1.165, 1.54) is 10.6 Å². The summed E-state index contributed by atoms with van der Waals surface area (Å²) >= 11 is 0. The van der Waals surface area contributed by atoms with Crippen molar-refractivity contribution in [2.75, 3.05) is 27.3 Å². The van der Waals surface area contributed by atoms with Gasteiger partial charge >= 0.3 is 0 Å². The zero-order chi connectivity index (χ0) is 20.1. The molecule has 0 saturated carbocycles. The quantitative estimate of drug-likeness (QED) is 0.746. The normalized spacial score (nSPS) is 15.4. The molecule has 1 aliphatic heterocycles. The number of methoxy groups -OCH3 is 2. The summed E-state index contributed by atoms with van der Waals surface area (Å²) in [5.41, 5.74) is 0.836. The van der Waals surface area contributed by atoms with Crippen LogP contribution in [0.1, 0.15) is 25.3 Å². The Morgan fingerprint density at radius 3 is 2.43 bits per heavy atom. The summed E-state index contributed by atoms with van der Waals surface area (Å²) < 4.78 is 12.0. The maximum absolute atomic E-state index is 13.3. The smallest absolute Gasteiger partial charge is 0.270 e. The van der Waals surface area contributed by atoms with E-state index in [0.29, 0.717) is 36.2 Å². The van der Waals surface area contributed by atoms with E-state index < -0.39 is 0 Å². The van der Waals surface area contributed by atoms with Crippen molar-refractivity contribution in [2.24, 2.45) is 5.92 Å². The number of aromatic nitrogens is 1. The van der Waals surface area contributed by atoms with Gasteiger partial charge in [-0.3, -0.25) is 14.2 Å². The molecule has 0 radical (unpaired) electrons. The van der Waals surface area contributed by atoms with Crippen molar-refractivity contribution < 1.29 is 14.3 Å². The number of nitrogens with zero attached hydrogens (tertiary/aromatic N) is 2. The number of amides is 1. The van der Waals surface area contributed by atoms with Crippen LogP contribution < -0.4 is 15.0 Å². The molecule has 6 nitrogen and oxygen atoms in total. The first-order chi connectivity index (χ1) is 13.5. The van der Waals surface area contributed by atoms with Gasteiger partial charge in [0.15, 0.2) is 11.5 Å². The molecule has 0 spiro atoms. The molecule has 1 saturated heterocycles. The number of rotatable bonds is 5. The number of pyridine rings is 1. The van der Waals surface area contributed by atoms with E-state index in [9.17, 15) is 9.59 Å². The Morgan fingerprint density at radius 2 is 1.79 bits per heavy atom. The molecule has 2 heterocycles. The van der Waals surface area contributed by atoms with Gasteiger partial charge in [-0.25, -0.2) is 0 Å². The second kappa shape index (κ2) is 8.78. The number of hydrogen-bond donors (Lipinski definition) is 0. The van der Waals surface area contributed by atoms with Crippen LogP contribution in [-0.4, -0.2) is 42.7 Å². The third kappa shape index (κ3) is 4.27. The van der Waals surface area contributed by atoms with E-state index in [4.69, 9.17) is 9.47 Å². The fraction of sp³-hybridized carbons (Fsp3) is 0.364. The van der Waals surface area contributed by atoms with Crippen molar-refractivity contribution in [2.45, 2.75) is 19.8 Å². The zero-order valence-electron chi connectivity index (χ0n) is 16.6. The molecule has 1 fully saturated rings. The van der Waals surface area contributed by atoms with Gasteiger partial charge in [0.1, 0.15) is 5.70 Å². The van der Waals surface area contributed by atoms with E-state index in [2.05, 4.69) is 6.92 Å². The van der Waals surface area contributed by atoms with Crippen LogP contribution in [0, 0.1) is 5.92 Å². The molecule has 1 aromatic carbocycles. The highest BCUT2D eigenvalue weighted by Crippen LogP contribution is 2.29. The van der Waals surface area contributed by atoms with Crippen molar-refractivity contribution in [3.63, 3.8) is 0 Å². The Bertz CT molecular complexity index is 924. The van der Waals surface area contributed by atoms with Crippen LogP contribution in [0.15, 0.2) is 47.4 Å². The average molecular weight is 382 g/mol. The third-order valence-electron chi connectivity index (χ3n) is 5.08. The van der Waals surface area contributed by atoms with Crippen LogP contribution in [0.25, 0.3) is 11.8 Å². The van der Waals surface area contributed by atoms with Crippen LogP contribution in [-0.2, 0) is 4.79 Å². The van der Waals surface area contributed by atoms with Crippen molar-refractivity contribution in [1.29, 1.82) is 0 Å². The predicted molar refractivity (Wildman–Crippen MR) is 109 cm³/mol. The van der Waals surface area contributed by atoms with Gasteiger partial charge in [-0.15, -0.1) is 0 Å². The number of likely N-dealkylation sites (tertiary alicyclic amines) is 1. The predicted octanol–water partition coefficient (Wildman–Crippen LogP) is 3.12. The average Bonchev–Trinajstić information content (AvgIpc) is 2.72. The lowest BCUT2D eigenvalue weighted by atomic mass is 9.99. The number of hydrogen-bond acceptors (Lipinski definition) is 4. The highest BCUT2D eigenvalue weighted by atomic mass is 16.5.